The molecule has 0 saturated heterocycles. The topological polar surface area (TPSA) is 64.9 Å². The van der Waals surface area contributed by atoms with Gasteiger partial charge in [-0.2, -0.15) is 5.26 Å². The van der Waals surface area contributed by atoms with Gasteiger partial charge in [-0.15, -0.1) is 11.6 Å². The van der Waals surface area contributed by atoms with Crippen LogP contribution < -0.4 is 10.6 Å². The van der Waals surface area contributed by atoms with E-state index >= 15 is 0 Å². The number of anilines is 1. The Morgan fingerprint density at radius 1 is 1.55 bits per heavy atom. The molecule has 0 unspecified atom stereocenters. The Hall–Kier alpha value is -1.26. The zero-order valence-corrected chi connectivity index (χ0v) is 14.0. The quantitative estimate of drug-likeness (QED) is 0.252. The Labute approximate surface area is 137 Å². The van der Waals surface area contributed by atoms with Gasteiger partial charge in [-0.3, -0.25) is 4.79 Å². The van der Waals surface area contributed by atoms with Crippen LogP contribution in [0.3, 0.4) is 0 Å². The summed E-state index contributed by atoms with van der Waals surface area (Å²) in [5.74, 6) is 0.0830. The minimum atomic E-state index is -0.395. The molecule has 6 heteroatoms. The van der Waals surface area contributed by atoms with E-state index < -0.39 is 5.91 Å². The van der Waals surface area contributed by atoms with Crippen molar-refractivity contribution in [1.82, 2.24) is 5.32 Å². The lowest BCUT2D eigenvalue weighted by Crippen LogP contribution is -2.26. The molecule has 0 atom stereocenters. The molecular formula is C14H15ClIN3O. The minimum Gasteiger partial charge on any atom is -0.360 e. The average Bonchev–Trinajstić information content (AvgIpc) is 2.42. The Kier molecular flexibility index (Phi) is 7.41. The highest BCUT2D eigenvalue weighted by atomic mass is 127. The third-order valence-corrected chi connectivity index (χ3v) is 3.46. The predicted octanol–water partition coefficient (Wildman–Crippen LogP) is 3.16. The molecule has 0 saturated carbocycles. The SMILES string of the molecule is Cc1cc(I)ccc1N/C=C(/C#N)C(=O)NCCCCl. The molecular weight excluding hydrogens is 389 g/mol. The first-order chi connectivity index (χ1) is 9.58. The maximum absolute atomic E-state index is 11.7. The minimum absolute atomic E-state index is 0.0394. The number of rotatable bonds is 6. The molecule has 0 aliphatic rings. The van der Waals surface area contributed by atoms with Gasteiger partial charge in [0.2, 0.25) is 0 Å². The van der Waals surface area contributed by atoms with Gasteiger partial charge in [0, 0.05) is 27.9 Å². The van der Waals surface area contributed by atoms with Gasteiger partial charge in [0.1, 0.15) is 11.6 Å². The van der Waals surface area contributed by atoms with E-state index in [1.807, 2.05) is 31.2 Å². The van der Waals surface area contributed by atoms with Gasteiger partial charge in [0.15, 0.2) is 0 Å². The third-order valence-electron chi connectivity index (χ3n) is 2.52. The number of benzene rings is 1. The zero-order chi connectivity index (χ0) is 15.0. The summed E-state index contributed by atoms with van der Waals surface area (Å²) >= 11 is 7.76. The second kappa shape index (κ2) is 8.82. The summed E-state index contributed by atoms with van der Waals surface area (Å²) in [4.78, 5) is 11.7. The van der Waals surface area contributed by atoms with Crippen LogP contribution in [0.1, 0.15) is 12.0 Å². The fourth-order valence-corrected chi connectivity index (χ4v) is 2.23. The van der Waals surface area contributed by atoms with E-state index in [9.17, 15) is 4.79 Å². The molecule has 0 bridgehead atoms. The van der Waals surface area contributed by atoms with Crippen molar-refractivity contribution in [2.45, 2.75) is 13.3 Å². The van der Waals surface area contributed by atoms with E-state index in [1.54, 1.807) is 0 Å². The van der Waals surface area contributed by atoms with Gasteiger partial charge in [-0.05, 0) is 59.7 Å². The molecule has 0 heterocycles. The van der Waals surface area contributed by atoms with E-state index in [2.05, 4.69) is 33.2 Å². The van der Waals surface area contributed by atoms with Crippen molar-refractivity contribution in [3.63, 3.8) is 0 Å². The van der Waals surface area contributed by atoms with Crippen LogP contribution in [-0.2, 0) is 4.79 Å². The number of hydrogen-bond donors (Lipinski definition) is 2. The van der Waals surface area contributed by atoms with Gasteiger partial charge < -0.3 is 10.6 Å². The number of nitriles is 1. The van der Waals surface area contributed by atoms with Gasteiger partial charge in [0.25, 0.3) is 5.91 Å². The summed E-state index contributed by atoms with van der Waals surface area (Å²) in [6.07, 6.45) is 2.10. The number of nitrogens with zero attached hydrogens (tertiary/aromatic N) is 1. The lowest BCUT2D eigenvalue weighted by atomic mass is 10.2. The van der Waals surface area contributed by atoms with E-state index in [0.29, 0.717) is 18.8 Å². The molecule has 0 aliphatic carbocycles. The highest BCUT2D eigenvalue weighted by Gasteiger charge is 2.08. The van der Waals surface area contributed by atoms with E-state index in [1.165, 1.54) is 6.20 Å². The smallest absolute Gasteiger partial charge is 0.263 e. The highest BCUT2D eigenvalue weighted by molar-refractivity contribution is 14.1. The van der Waals surface area contributed by atoms with Crippen LogP contribution >= 0.6 is 34.2 Å². The third kappa shape index (κ3) is 5.39. The number of halogens is 2. The Morgan fingerprint density at radius 2 is 2.30 bits per heavy atom. The van der Waals surface area contributed by atoms with Gasteiger partial charge in [0.05, 0.1) is 0 Å². The normalized spacial score (nSPS) is 10.8. The second-order valence-electron chi connectivity index (χ2n) is 4.07. The first kappa shape index (κ1) is 16.8. The summed E-state index contributed by atoms with van der Waals surface area (Å²) in [5, 5.41) is 14.6. The summed E-state index contributed by atoms with van der Waals surface area (Å²) < 4.78 is 1.13. The van der Waals surface area contributed by atoms with Gasteiger partial charge >= 0.3 is 0 Å². The van der Waals surface area contributed by atoms with Crippen molar-refractivity contribution in [2.24, 2.45) is 0 Å². The fourth-order valence-electron chi connectivity index (χ4n) is 1.45. The summed E-state index contributed by atoms with van der Waals surface area (Å²) in [6, 6.07) is 7.76. The van der Waals surface area contributed by atoms with Crippen molar-refractivity contribution in [2.75, 3.05) is 17.7 Å². The zero-order valence-electron chi connectivity index (χ0n) is 11.0. The number of carbonyl (C=O) groups excluding carboxylic acids is 1. The molecule has 106 valence electrons. The number of aryl methyl sites for hydroxylation is 1. The van der Waals surface area contributed by atoms with Crippen molar-refractivity contribution in [1.29, 1.82) is 5.26 Å². The van der Waals surface area contributed by atoms with Crippen LogP contribution in [0.4, 0.5) is 5.69 Å². The van der Waals surface area contributed by atoms with E-state index in [4.69, 9.17) is 16.9 Å². The Morgan fingerprint density at radius 3 is 2.90 bits per heavy atom. The van der Waals surface area contributed by atoms with Crippen LogP contribution in [0, 0.1) is 21.8 Å². The molecule has 2 N–H and O–H groups in total. The molecule has 20 heavy (non-hydrogen) atoms. The molecule has 1 aromatic rings. The van der Waals surface area contributed by atoms with Crippen molar-refractivity contribution < 1.29 is 4.79 Å². The lowest BCUT2D eigenvalue weighted by Gasteiger charge is -2.07. The maximum Gasteiger partial charge on any atom is 0.263 e. The van der Waals surface area contributed by atoms with Crippen LogP contribution in [-0.4, -0.2) is 18.3 Å². The molecule has 0 fully saturated rings. The number of hydrogen-bond acceptors (Lipinski definition) is 3. The Bertz CT molecular complexity index is 552. The molecule has 0 aromatic heterocycles. The molecule has 1 amide bonds. The molecule has 1 aromatic carbocycles. The first-order valence-corrected chi connectivity index (χ1v) is 7.67. The monoisotopic (exact) mass is 403 g/mol. The summed E-state index contributed by atoms with van der Waals surface area (Å²) in [6.45, 7) is 2.43. The van der Waals surface area contributed by atoms with Crippen LogP contribution in [0.25, 0.3) is 0 Å². The van der Waals surface area contributed by atoms with Crippen LogP contribution in [0.15, 0.2) is 30.0 Å². The van der Waals surface area contributed by atoms with Gasteiger partial charge in [-0.1, -0.05) is 0 Å². The number of amides is 1. The van der Waals surface area contributed by atoms with Crippen LogP contribution in [0.2, 0.25) is 0 Å². The molecule has 0 spiro atoms. The average molecular weight is 404 g/mol. The van der Waals surface area contributed by atoms with E-state index in [-0.39, 0.29) is 5.57 Å². The summed E-state index contributed by atoms with van der Waals surface area (Å²) in [7, 11) is 0. The fraction of sp³-hybridized carbons (Fsp3) is 0.286. The van der Waals surface area contributed by atoms with Gasteiger partial charge in [-0.25, -0.2) is 0 Å². The maximum atomic E-state index is 11.7. The van der Waals surface area contributed by atoms with Crippen molar-refractivity contribution in [3.05, 3.63) is 39.1 Å². The molecule has 1 rings (SSSR count). The standard InChI is InChI=1S/C14H15ClIN3O/c1-10-7-12(16)3-4-13(10)19-9-11(8-17)14(20)18-6-2-5-15/h3-4,7,9,19H,2,5-6H2,1H3,(H,18,20)/b11-9-. The number of carbonyl (C=O) groups is 1. The molecule has 0 aliphatic heterocycles. The van der Waals surface area contributed by atoms with Crippen molar-refractivity contribution >= 4 is 45.8 Å². The number of alkyl halides is 1. The highest BCUT2D eigenvalue weighted by Crippen LogP contribution is 2.17. The van der Waals surface area contributed by atoms with E-state index in [0.717, 1.165) is 14.8 Å². The summed E-state index contributed by atoms with van der Waals surface area (Å²) in [5.41, 5.74) is 1.96. The largest absolute Gasteiger partial charge is 0.360 e. The Balaban J connectivity index is 2.70. The molecule has 4 nitrogen and oxygen atoms in total. The second-order valence-corrected chi connectivity index (χ2v) is 5.70. The first-order valence-electron chi connectivity index (χ1n) is 6.05. The predicted molar refractivity (Wildman–Crippen MR) is 89.6 cm³/mol. The molecule has 0 radical (unpaired) electrons. The van der Waals surface area contributed by atoms with Crippen LogP contribution in [0.5, 0.6) is 0 Å². The number of nitrogens with one attached hydrogen (secondary N) is 2. The lowest BCUT2D eigenvalue weighted by molar-refractivity contribution is -0.117. The van der Waals surface area contributed by atoms with Crippen molar-refractivity contribution in [3.8, 4) is 6.07 Å².